The third-order valence-electron chi connectivity index (χ3n) is 1.66. The predicted octanol–water partition coefficient (Wildman–Crippen LogP) is 5.33. The molecule has 1 aromatic rings. The van der Waals surface area contributed by atoms with Crippen LogP contribution in [0.15, 0.2) is 48.6 Å². The molecule has 0 bridgehead atoms. The van der Waals surface area contributed by atoms with Crippen molar-refractivity contribution >= 4 is 5.57 Å². The Morgan fingerprint density at radius 1 is 1.07 bits per heavy atom. The average Bonchev–Trinajstić information content (AvgIpc) is 2.17. The van der Waals surface area contributed by atoms with Gasteiger partial charge in [-0.15, -0.1) is 6.58 Å². The lowest BCUT2D eigenvalue weighted by Crippen LogP contribution is -1.75. The van der Waals surface area contributed by atoms with Crippen LogP contribution in [0.5, 0.6) is 0 Å². The van der Waals surface area contributed by atoms with Crippen LogP contribution in [-0.4, -0.2) is 0 Å². The summed E-state index contributed by atoms with van der Waals surface area (Å²) in [5.74, 6) is 0. The molecule has 0 aromatic heterocycles. The lowest BCUT2D eigenvalue weighted by molar-refractivity contribution is 1.42. The minimum atomic E-state index is 0. The van der Waals surface area contributed by atoms with E-state index in [2.05, 4.69) is 50.8 Å². The molecule has 0 aliphatic rings. The Hall–Kier alpha value is -1.30. The van der Waals surface area contributed by atoms with Gasteiger partial charge in [-0.2, -0.15) is 0 Å². The summed E-state index contributed by atoms with van der Waals surface area (Å²) in [6.45, 7) is 11.7. The molecule has 0 amide bonds. The van der Waals surface area contributed by atoms with Gasteiger partial charge in [0.2, 0.25) is 0 Å². The summed E-state index contributed by atoms with van der Waals surface area (Å²) in [7, 11) is 0. The first-order chi connectivity index (χ1) is 6.57. The van der Waals surface area contributed by atoms with Gasteiger partial charge in [0.15, 0.2) is 0 Å². The monoisotopic (exact) mass is 204 g/mol. The number of allylic oxidation sites excluding steroid dienone is 3. The van der Waals surface area contributed by atoms with Gasteiger partial charge in [0.05, 0.1) is 0 Å². The maximum atomic E-state index is 3.56. The van der Waals surface area contributed by atoms with E-state index in [0.717, 1.165) is 0 Å². The van der Waals surface area contributed by atoms with Gasteiger partial charge in [0, 0.05) is 0 Å². The summed E-state index contributed by atoms with van der Waals surface area (Å²) in [6.07, 6.45) is 2.12. The highest BCUT2D eigenvalue weighted by atomic mass is 13.9. The third-order valence-corrected chi connectivity index (χ3v) is 1.66. The van der Waals surface area contributed by atoms with E-state index in [0.29, 0.717) is 0 Å². The van der Waals surface area contributed by atoms with E-state index in [1.165, 1.54) is 16.7 Å². The highest BCUT2D eigenvalue weighted by Crippen LogP contribution is 2.11. The zero-order valence-corrected chi connectivity index (χ0v) is 9.67. The first-order valence-corrected chi connectivity index (χ1v) is 4.88. The van der Waals surface area contributed by atoms with Crippen LogP contribution >= 0.6 is 0 Å². The predicted molar refractivity (Wildman–Crippen MR) is 73.0 cm³/mol. The first kappa shape index (κ1) is 16.1. The van der Waals surface area contributed by atoms with E-state index >= 15 is 0 Å². The van der Waals surface area contributed by atoms with Gasteiger partial charge in [-0.25, -0.2) is 0 Å². The van der Waals surface area contributed by atoms with E-state index in [1.54, 1.807) is 0 Å². The molecule has 0 radical (unpaired) electrons. The Morgan fingerprint density at radius 2 is 1.47 bits per heavy atom. The van der Waals surface area contributed by atoms with Crippen LogP contribution in [0.3, 0.4) is 0 Å². The van der Waals surface area contributed by atoms with Gasteiger partial charge in [-0.1, -0.05) is 49.4 Å². The highest BCUT2D eigenvalue weighted by Gasteiger charge is 1.88. The molecule has 1 aromatic carbocycles. The maximum absolute atomic E-state index is 3.56. The van der Waals surface area contributed by atoms with Crippen molar-refractivity contribution in [1.29, 1.82) is 0 Å². The molecule has 0 aliphatic heterocycles. The molecular weight excluding hydrogens is 180 g/mol. The second-order valence-electron chi connectivity index (χ2n) is 3.54. The van der Waals surface area contributed by atoms with Crippen LogP contribution in [0, 0.1) is 0 Å². The van der Waals surface area contributed by atoms with Gasteiger partial charge >= 0.3 is 0 Å². The number of hydrogen-bond acceptors (Lipinski definition) is 0. The smallest absolute Gasteiger partial charge is 0.0231 e. The lowest BCUT2D eigenvalue weighted by atomic mass is 10.1. The summed E-state index contributed by atoms with van der Waals surface area (Å²) >= 11 is 0. The highest BCUT2D eigenvalue weighted by molar-refractivity contribution is 5.62. The fourth-order valence-electron chi connectivity index (χ4n) is 0.868. The lowest BCUT2D eigenvalue weighted by Gasteiger charge is -1.97. The van der Waals surface area contributed by atoms with Crippen molar-refractivity contribution in [2.75, 3.05) is 0 Å². The summed E-state index contributed by atoms with van der Waals surface area (Å²) in [4.78, 5) is 0. The van der Waals surface area contributed by atoms with E-state index in [9.17, 15) is 0 Å². The van der Waals surface area contributed by atoms with Crippen molar-refractivity contribution in [2.45, 2.75) is 35.1 Å². The van der Waals surface area contributed by atoms with Crippen molar-refractivity contribution in [3.05, 3.63) is 54.1 Å². The van der Waals surface area contributed by atoms with Crippen LogP contribution in [0.25, 0.3) is 5.57 Å². The van der Waals surface area contributed by atoms with Crippen molar-refractivity contribution in [3.8, 4) is 0 Å². The molecule has 0 heterocycles. The topological polar surface area (TPSA) is 0 Å². The summed E-state index contributed by atoms with van der Waals surface area (Å²) in [5, 5.41) is 0. The third kappa shape index (κ3) is 9.01. The van der Waals surface area contributed by atoms with Gasteiger partial charge in [-0.3, -0.25) is 0 Å². The minimum Gasteiger partial charge on any atom is -0.100 e. The molecule has 84 valence electrons. The molecule has 15 heavy (non-hydrogen) atoms. The fourth-order valence-corrected chi connectivity index (χ4v) is 0.868. The Labute approximate surface area is 95.3 Å². The van der Waals surface area contributed by atoms with E-state index in [4.69, 9.17) is 0 Å². The fraction of sp³-hybridized carbons (Fsp3) is 0.333. The molecule has 1 rings (SSSR count). The Bertz CT molecular complexity index is 287. The molecule has 0 spiro atoms. The molecule has 0 unspecified atom stereocenters. The SMILES string of the molecule is C.C/C=C(\C)c1ccccc1.C=C(C)C. The summed E-state index contributed by atoms with van der Waals surface area (Å²) in [5.41, 5.74) is 3.81. The van der Waals surface area contributed by atoms with Crippen molar-refractivity contribution in [2.24, 2.45) is 0 Å². The first-order valence-electron chi connectivity index (χ1n) is 4.88. The van der Waals surface area contributed by atoms with Crippen molar-refractivity contribution < 1.29 is 0 Å². The van der Waals surface area contributed by atoms with E-state index in [1.807, 2.05) is 19.9 Å². The van der Waals surface area contributed by atoms with Crippen LogP contribution in [0.4, 0.5) is 0 Å². The van der Waals surface area contributed by atoms with Crippen molar-refractivity contribution in [1.82, 2.24) is 0 Å². The molecule has 0 saturated carbocycles. The average molecular weight is 204 g/mol. The maximum Gasteiger partial charge on any atom is -0.0231 e. The van der Waals surface area contributed by atoms with Gasteiger partial charge in [-0.05, 0) is 38.8 Å². The largest absolute Gasteiger partial charge is 0.100 e. The second kappa shape index (κ2) is 9.26. The zero-order valence-electron chi connectivity index (χ0n) is 9.67. The van der Waals surface area contributed by atoms with Gasteiger partial charge in [0.25, 0.3) is 0 Å². The number of benzene rings is 1. The van der Waals surface area contributed by atoms with Crippen molar-refractivity contribution in [3.63, 3.8) is 0 Å². The number of rotatable bonds is 1. The molecule has 0 atom stereocenters. The number of hydrogen-bond donors (Lipinski definition) is 0. The minimum absolute atomic E-state index is 0. The van der Waals surface area contributed by atoms with Crippen LogP contribution < -0.4 is 0 Å². The van der Waals surface area contributed by atoms with Crippen LogP contribution in [-0.2, 0) is 0 Å². The summed E-state index contributed by atoms with van der Waals surface area (Å²) in [6, 6.07) is 10.4. The Kier molecular flexibility index (Phi) is 9.97. The molecular formula is C15H24. The van der Waals surface area contributed by atoms with Crippen LogP contribution in [0.2, 0.25) is 0 Å². The molecule has 0 heteroatoms. The quantitative estimate of drug-likeness (QED) is 0.542. The Morgan fingerprint density at radius 3 is 1.80 bits per heavy atom. The van der Waals surface area contributed by atoms with E-state index < -0.39 is 0 Å². The molecule has 0 N–H and O–H groups in total. The second-order valence-corrected chi connectivity index (χ2v) is 3.54. The van der Waals surface area contributed by atoms with Crippen LogP contribution in [0.1, 0.15) is 40.7 Å². The van der Waals surface area contributed by atoms with Gasteiger partial charge < -0.3 is 0 Å². The molecule has 0 fully saturated rings. The molecule has 0 aliphatic carbocycles. The van der Waals surface area contributed by atoms with Gasteiger partial charge in [0.1, 0.15) is 0 Å². The standard InChI is InChI=1S/C10H12.C4H8.CH4/c1-3-9(2)10-7-5-4-6-8-10;1-4(2)3;/h3-8H,1-2H3;1H2,2-3H3;1H4/b9-3+;;. The van der Waals surface area contributed by atoms with E-state index in [-0.39, 0.29) is 7.43 Å². The molecule has 0 saturated heterocycles. The summed E-state index contributed by atoms with van der Waals surface area (Å²) < 4.78 is 0. The normalized spacial score (nSPS) is 9.47. The zero-order chi connectivity index (χ0) is 11.0. The molecule has 0 nitrogen and oxygen atoms in total. The Balaban J connectivity index is 0.